The summed E-state index contributed by atoms with van der Waals surface area (Å²) < 4.78 is 21.6. The summed E-state index contributed by atoms with van der Waals surface area (Å²) in [5, 5.41) is 4.59. The molecule has 0 fully saturated rings. The molecule has 1 N–H and O–H groups in total. The number of methoxy groups -OCH3 is 3. The predicted molar refractivity (Wildman–Crippen MR) is 108 cm³/mol. The number of benzene rings is 2. The van der Waals surface area contributed by atoms with Gasteiger partial charge >= 0.3 is 0 Å². The Morgan fingerprint density at radius 3 is 2.36 bits per heavy atom. The first-order chi connectivity index (χ1) is 13.4. The molecule has 150 valence electrons. The van der Waals surface area contributed by atoms with Crippen molar-refractivity contribution in [2.45, 2.75) is 20.0 Å². The number of halogens is 1. The lowest BCUT2D eigenvalue weighted by Gasteiger charge is -2.15. The number of carbonyl (C=O) groups excluding carboxylic acids is 1. The lowest BCUT2D eigenvalue weighted by Crippen LogP contribution is -2.33. The van der Waals surface area contributed by atoms with Crippen LogP contribution < -0.4 is 24.4 Å². The molecule has 0 aromatic heterocycles. The molecular formula is C20H23ClN2O5. The molecule has 1 amide bonds. The summed E-state index contributed by atoms with van der Waals surface area (Å²) >= 11 is 5.93. The van der Waals surface area contributed by atoms with Crippen molar-refractivity contribution in [3.8, 4) is 23.0 Å². The lowest BCUT2D eigenvalue weighted by atomic mass is 10.2. The van der Waals surface area contributed by atoms with Crippen LogP contribution in [-0.2, 0) is 4.79 Å². The van der Waals surface area contributed by atoms with E-state index in [2.05, 4.69) is 10.5 Å². The molecule has 0 spiro atoms. The Morgan fingerprint density at radius 2 is 1.75 bits per heavy atom. The molecule has 7 nitrogen and oxygen atoms in total. The number of nitrogens with one attached hydrogen (secondary N) is 1. The average molecular weight is 407 g/mol. The second-order valence-electron chi connectivity index (χ2n) is 5.83. The fourth-order valence-corrected chi connectivity index (χ4v) is 2.70. The van der Waals surface area contributed by atoms with Gasteiger partial charge < -0.3 is 18.9 Å². The normalized spacial score (nSPS) is 11.8. The van der Waals surface area contributed by atoms with Crippen molar-refractivity contribution >= 4 is 23.7 Å². The van der Waals surface area contributed by atoms with Crippen molar-refractivity contribution in [2.24, 2.45) is 5.10 Å². The second-order valence-corrected chi connectivity index (χ2v) is 6.26. The van der Waals surface area contributed by atoms with Crippen LogP contribution in [0.5, 0.6) is 23.0 Å². The Hall–Kier alpha value is -2.93. The standard InChI is InChI=1S/C20H23ClN2O5/c1-12-10-15(21)7-9-16(12)28-13(2)20(24)23-22-11-14-6-8-17(25-3)19(27-5)18(14)26-4/h6-11,13H,1-5H3,(H,23,24)/b22-11+. The summed E-state index contributed by atoms with van der Waals surface area (Å²) in [6.45, 7) is 3.49. The molecule has 0 radical (unpaired) electrons. The second kappa shape index (κ2) is 9.85. The monoisotopic (exact) mass is 406 g/mol. The van der Waals surface area contributed by atoms with E-state index in [1.165, 1.54) is 27.5 Å². The highest BCUT2D eigenvalue weighted by molar-refractivity contribution is 6.30. The van der Waals surface area contributed by atoms with Crippen LogP contribution in [0.4, 0.5) is 0 Å². The maximum Gasteiger partial charge on any atom is 0.280 e. The SMILES string of the molecule is COc1ccc(/C=N/NC(=O)C(C)Oc2ccc(Cl)cc2C)c(OC)c1OC. The fourth-order valence-electron chi connectivity index (χ4n) is 2.47. The van der Waals surface area contributed by atoms with Crippen LogP contribution in [0.2, 0.25) is 5.02 Å². The topological polar surface area (TPSA) is 78.4 Å². The summed E-state index contributed by atoms with van der Waals surface area (Å²) in [4.78, 5) is 12.2. The van der Waals surface area contributed by atoms with Crippen molar-refractivity contribution in [1.29, 1.82) is 0 Å². The molecule has 2 aromatic carbocycles. The molecule has 0 saturated heterocycles. The summed E-state index contributed by atoms with van der Waals surface area (Å²) in [6, 6.07) is 8.66. The molecule has 0 heterocycles. The third-order valence-electron chi connectivity index (χ3n) is 3.92. The molecule has 2 rings (SSSR count). The number of carbonyl (C=O) groups is 1. The van der Waals surface area contributed by atoms with Gasteiger partial charge in [-0.1, -0.05) is 11.6 Å². The number of hydrazone groups is 1. The molecule has 0 aliphatic carbocycles. The highest BCUT2D eigenvalue weighted by Gasteiger charge is 2.17. The van der Waals surface area contributed by atoms with Gasteiger partial charge in [0.2, 0.25) is 5.75 Å². The van der Waals surface area contributed by atoms with Gasteiger partial charge in [0.1, 0.15) is 5.75 Å². The van der Waals surface area contributed by atoms with Crippen molar-refractivity contribution in [3.05, 3.63) is 46.5 Å². The van der Waals surface area contributed by atoms with E-state index in [4.69, 9.17) is 30.5 Å². The van der Waals surface area contributed by atoms with Gasteiger partial charge in [-0.15, -0.1) is 0 Å². The molecule has 1 atom stereocenters. The molecule has 8 heteroatoms. The maximum absolute atomic E-state index is 12.2. The summed E-state index contributed by atoms with van der Waals surface area (Å²) in [5.41, 5.74) is 3.90. The molecule has 0 aliphatic heterocycles. The van der Waals surface area contributed by atoms with Crippen molar-refractivity contribution in [1.82, 2.24) is 5.43 Å². The van der Waals surface area contributed by atoms with Gasteiger partial charge in [0.25, 0.3) is 5.91 Å². The molecule has 2 aromatic rings. The maximum atomic E-state index is 12.2. The van der Waals surface area contributed by atoms with Gasteiger partial charge in [-0.25, -0.2) is 5.43 Å². The summed E-state index contributed by atoms with van der Waals surface area (Å²) in [6.07, 6.45) is 0.711. The van der Waals surface area contributed by atoms with E-state index in [1.807, 2.05) is 6.92 Å². The van der Waals surface area contributed by atoms with Crippen LogP contribution in [0.3, 0.4) is 0 Å². The molecule has 0 saturated carbocycles. The number of hydrogen-bond acceptors (Lipinski definition) is 6. The highest BCUT2D eigenvalue weighted by atomic mass is 35.5. The molecule has 1 unspecified atom stereocenters. The molecule has 0 aliphatic rings. The van der Waals surface area contributed by atoms with Crippen LogP contribution in [0, 0.1) is 6.92 Å². The Balaban J connectivity index is 2.06. The Bertz CT molecular complexity index is 870. The first kappa shape index (κ1) is 21.4. The van der Waals surface area contributed by atoms with Gasteiger partial charge in [-0.2, -0.15) is 5.10 Å². The fraction of sp³-hybridized carbons (Fsp3) is 0.300. The number of amides is 1. The third-order valence-corrected chi connectivity index (χ3v) is 4.16. The van der Waals surface area contributed by atoms with E-state index in [9.17, 15) is 4.79 Å². The zero-order chi connectivity index (χ0) is 20.7. The highest BCUT2D eigenvalue weighted by Crippen LogP contribution is 2.38. The largest absolute Gasteiger partial charge is 0.493 e. The first-order valence-corrected chi connectivity index (χ1v) is 8.83. The Morgan fingerprint density at radius 1 is 1.07 bits per heavy atom. The van der Waals surface area contributed by atoms with E-state index in [0.29, 0.717) is 33.6 Å². The first-order valence-electron chi connectivity index (χ1n) is 8.46. The predicted octanol–water partition coefficient (Wildman–Crippen LogP) is 3.59. The Labute approximate surface area is 169 Å². The summed E-state index contributed by atoms with van der Waals surface area (Å²) in [7, 11) is 4.56. The van der Waals surface area contributed by atoms with Crippen LogP contribution in [0.15, 0.2) is 35.4 Å². The number of hydrogen-bond donors (Lipinski definition) is 1. The van der Waals surface area contributed by atoms with E-state index in [0.717, 1.165) is 5.56 Å². The van der Waals surface area contributed by atoms with Gasteiger partial charge in [0.05, 0.1) is 27.5 Å². The zero-order valence-electron chi connectivity index (χ0n) is 16.4. The smallest absolute Gasteiger partial charge is 0.280 e. The van der Waals surface area contributed by atoms with Crippen LogP contribution in [0.1, 0.15) is 18.1 Å². The van der Waals surface area contributed by atoms with Crippen LogP contribution in [0.25, 0.3) is 0 Å². The van der Waals surface area contributed by atoms with Gasteiger partial charge in [-0.05, 0) is 49.7 Å². The number of aryl methyl sites for hydroxylation is 1. The van der Waals surface area contributed by atoms with Crippen LogP contribution in [-0.4, -0.2) is 39.6 Å². The minimum atomic E-state index is -0.746. The van der Waals surface area contributed by atoms with Gasteiger partial charge in [-0.3, -0.25) is 4.79 Å². The van der Waals surface area contributed by atoms with E-state index < -0.39 is 12.0 Å². The van der Waals surface area contributed by atoms with Crippen molar-refractivity contribution in [2.75, 3.05) is 21.3 Å². The van der Waals surface area contributed by atoms with E-state index in [-0.39, 0.29) is 0 Å². The van der Waals surface area contributed by atoms with E-state index >= 15 is 0 Å². The zero-order valence-corrected chi connectivity index (χ0v) is 17.2. The number of rotatable bonds is 8. The van der Waals surface area contributed by atoms with Crippen molar-refractivity contribution in [3.63, 3.8) is 0 Å². The summed E-state index contributed by atoms with van der Waals surface area (Å²) in [5.74, 6) is 1.60. The molecule has 0 bridgehead atoms. The Kier molecular flexibility index (Phi) is 7.52. The quantitative estimate of drug-likeness (QED) is 0.535. The average Bonchev–Trinajstić information content (AvgIpc) is 2.69. The van der Waals surface area contributed by atoms with Gasteiger partial charge in [0, 0.05) is 10.6 Å². The third kappa shape index (κ3) is 5.07. The number of ether oxygens (including phenoxy) is 4. The molecule has 28 heavy (non-hydrogen) atoms. The minimum Gasteiger partial charge on any atom is -0.493 e. The lowest BCUT2D eigenvalue weighted by molar-refractivity contribution is -0.127. The van der Waals surface area contributed by atoms with E-state index in [1.54, 1.807) is 37.3 Å². The number of nitrogens with zero attached hydrogens (tertiary/aromatic N) is 1. The van der Waals surface area contributed by atoms with Crippen molar-refractivity contribution < 1.29 is 23.7 Å². The minimum absolute atomic E-state index is 0.398. The van der Waals surface area contributed by atoms with Gasteiger partial charge in [0.15, 0.2) is 17.6 Å². The van der Waals surface area contributed by atoms with Crippen LogP contribution >= 0.6 is 11.6 Å². The molecular weight excluding hydrogens is 384 g/mol.